The van der Waals surface area contributed by atoms with Crippen molar-refractivity contribution in [2.75, 3.05) is 6.54 Å². The summed E-state index contributed by atoms with van der Waals surface area (Å²) in [6.07, 6.45) is 3.32. The van der Waals surface area contributed by atoms with Crippen molar-refractivity contribution in [2.45, 2.75) is 26.3 Å². The summed E-state index contributed by atoms with van der Waals surface area (Å²) in [5.41, 5.74) is 5.48. The van der Waals surface area contributed by atoms with Crippen LogP contribution in [0.2, 0.25) is 0 Å². The van der Waals surface area contributed by atoms with Gasteiger partial charge in [-0.25, -0.2) is 0 Å². The first kappa shape index (κ1) is 12.6. The summed E-state index contributed by atoms with van der Waals surface area (Å²) in [5.74, 6) is 0.0832. The Hall–Kier alpha value is -1.42. The number of amides is 1. The minimum absolute atomic E-state index is 0.376. The van der Waals surface area contributed by atoms with Gasteiger partial charge >= 0.3 is 0 Å². The summed E-state index contributed by atoms with van der Waals surface area (Å²) < 4.78 is 0. The number of primary amides is 1. The lowest BCUT2D eigenvalue weighted by atomic mass is 9.91. The molecule has 0 bridgehead atoms. The second-order valence-corrected chi connectivity index (χ2v) is 4.50. The van der Waals surface area contributed by atoms with Crippen molar-refractivity contribution in [3.05, 3.63) is 30.1 Å². The van der Waals surface area contributed by atoms with Crippen molar-refractivity contribution in [2.24, 2.45) is 11.7 Å². The monoisotopic (exact) mass is 221 g/mol. The van der Waals surface area contributed by atoms with E-state index >= 15 is 0 Å². The lowest BCUT2D eigenvalue weighted by molar-refractivity contribution is -0.124. The van der Waals surface area contributed by atoms with Crippen molar-refractivity contribution in [1.29, 1.82) is 0 Å². The molecule has 1 unspecified atom stereocenters. The molecule has 0 aliphatic heterocycles. The highest BCUT2D eigenvalue weighted by molar-refractivity contribution is 5.85. The smallest absolute Gasteiger partial charge is 0.242 e. The minimum Gasteiger partial charge on any atom is -0.368 e. The van der Waals surface area contributed by atoms with E-state index < -0.39 is 5.54 Å². The van der Waals surface area contributed by atoms with Crippen LogP contribution < -0.4 is 11.1 Å². The topological polar surface area (TPSA) is 68.0 Å². The van der Waals surface area contributed by atoms with Crippen molar-refractivity contribution in [1.82, 2.24) is 10.3 Å². The first-order valence-electron chi connectivity index (χ1n) is 5.42. The van der Waals surface area contributed by atoms with Crippen molar-refractivity contribution in [3.63, 3.8) is 0 Å². The van der Waals surface area contributed by atoms with E-state index in [2.05, 4.69) is 24.1 Å². The Balaban J connectivity index is 2.93. The van der Waals surface area contributed by atoms with Crippen LogP contribution in [-0.2, 0) is 10.3 Å². The highest BCUT2D eigenvalue weighted by atomic mass is 16.1. The molecule has 1 aromatic rings. The van der Waals surface area contributed by atoms with E-state index in [9.17, 15) is 4.79 Å². The maximum Gasteiger partial charge on any atom is 0.242 e. The fourth-order valence-corrected chi connectivity index (χ4v) is 1.42. The van der Waals surface area contributed by atoms with Crippen molar-refractivity contribution in [3.8, 4) is 0 Å². The third-order valence-electron chi connectivity index (χ3n) is 2.61. The molecule has 1 heterocycles. The number of hydrogen-bond acceptors (Lipinski definition) is 3. The molecule has 4 heteroatoms. The Kier molecular flexibility index (Phi) is 4.01. The largest absolute Gasteiger partial charge is 0.368 e. The zero-order valence-electron chi connectivity index (χ0n) is 10.0. The molecular weight excluding hydrogens is 202 g/mol. The van der Waals surface area contributed by atoms with Crippen molar-refractivity contribution >= 4 is 5.91 Å². The highest BCUT2D eigenvalue weighted by Crippen LogP contribution is 2.19. The SMILES string of the molecule is CC(C)CNC(C)(C(N)=O)c1ccncc1. The number of nitrogens with two attached hydrogens (primary N) is 1. The third-order valence-corrected chi connectivity index (χ3v) is 2.61. The standard InChI is InChI=1S/C12H19N3O/c1-9(2)8-15-12(3,11(13)16)10-4-6-14-7-5-10/h4-7,9,15H,8H2,1-3H3,(H2,13,16). The molecule has 0 aliphatic rings. The van der Waals surface area contributed by atoms with Gasteiger partial charge in [0.05, 0.1) is 0 Å². The normalized spacial score (nSPS) is 14.8. The molecule has 88 valence electrons. The molecule has 1 amide bonds. The minimum atomic E-state index is -0.826. The van der Waals surface area contributed by atoms with Gasteiger partial charge in [0.25, 0.3) is 0 Å². The number of nitrogens with one attached hydrogen (secondary N) is 1. The number of nitrogens with zero attached hydrogens (tertiary/aromatic N) is 1. The van der Waals surface area contributed by atoms with Crippen molar-refractivity contribution < 1.29 is 4.79 Å². The number of carbonyl (C=O) groups excluding carboxylic acids is 1. The van der Waals surface area contributed by atoms with Crippen LogP contribution in [0.15, 0.2) is 24.5 Å². The molecule has 16 heavy (non-hydrogen) atoms. The molecule has 1 rings (SSSR count). The zero-order chi connectivity index (χ0) is 12.2. The van der Waals surface area contributed by atoms with Gasteiger partial charge in [0.2, 0.25) is 5.91 Å². The predicted octanol–water partition coefficient (Wildman–Crippen LogP) is 1.03. The Morgan fingerprint density at radius 2 is 2.06 bits per heavy atom. The summed E-state index contributed by atoms with van der Waals surface area (Å²) in [4.78, 5) is 15.5. The molecule has 4 nitrogen and oxygen atoms in total. The molecule has 1 atom stereocenters. The van der Waals surface area contributed by atoms with Crippen LogP contribution in [-0.4, -0.2) is 17.4 Å². The number of hydrogen-bond donors (Lipinski definition) is 2. The molecule has 1 aromatic heterocycles. The second-order valence-electron chi connectivity index (χ2n) is 4.50. The van der Waals surface area contributed by atoms with E-state index in [1.807, 2.05) is 0 Å². The zero-order valence-corrected chi connectivity index (χ0v) is 10.0. The number of pyridine rings is 1. The van der Waals surface area contributed by atoms with Gasteiger partial charge in [-0.15, -0.1) is 0 Å². The van der Waals surface area contributed by atoms with E-state index in [4.69, 9.17) is 5.73 Å². The van der Waals surface area contributed by atoms with Gasteiger partial charge in [0.15, 0.2) is 0 Å². The van der Waals surface area contributed by atoms with Gasteiger partial charge in [0.1, 0.15) is 5.54 Å². The molecule has 3 N–H and O–H groups in total. The maximum atomic E-state index is 11.6. The van der Waals surface area contributed by atoms with Crippen LogP contribution in [0.3, 0.4) is 0 Å². The van der Waals surface area contributed by atoms with Crippen LogP contribution in [0.4, 0.5) is 0 Å². The maximum absolute atomic E-state index is 11.6. The first-order chi connectivity index (χ1) is 7.47. The summed E-state index contributed by atoms with van der Waals surface area (Å²) in [5, 5.41) is 3.21. The fourth-order valence-electron chi connectivity index (χ4n) is 1.42. The summed E-state index contributed by atoms with van der Waals surface area (Å²) >= 11 is 0. The Morgan fingerprint density at radius 1 is 1.50 bits per heavy atom. The van der Waals surface area contributed by atoms with E-state index in [1.165, 1.54) is 0 Å². The predicted molar refractivity (Wildman–Crippen MR) is 63.6 cm³/mol. The number of aromatic nitrogens is 1. The third kappa shape index (κ3) is 2.79. The Labute approximate surface area is 96.3 Å². The van der Waals surface area contributed by atoms with Crippen LogP contribution >= 0.6 is 0 Å². The molecule has 0 aromatic carbocycles. The van der Waals surface area contributed by atoms with Crippen LogP contribution in [0.1, 0.15) is 26.3 Å². The number of carbonyl (C=O) groups is 1. The summed E-state index contributed by atoms with van der Waals surface area (Å²) in [6, 6.07) is 3.61. The molecule has 0 radical (unpaired) electrons. The Morgan fingerprint density at radius 3 is 2.50 bits per heavy atom. The van der Waals surface area contributed by atoms with Gasteiger partial charge in [0, 0.05) is 12.4 Å². The Bertz CT molecular complexity index is 351. The fraction of sp³-hybridized carbons (Fsp3) is 0.500. The van der Waals surface area contributed by atoms with Crippen LogP contribution in [0.25, 0.3) is 0 Å². The van der Waals surface area contributed by atoms with E-state index in [1.54, 1.807) is 31.5 Å². The lowest BCUT2D eigenvalue weighted by Crippen LogP contribution is -2.51. The van der Waals surface area contributed by atoms with Gasteiger partial charge < -0.3 is 5.73 Å². The quantitative estimate of drug-likeness (QED) is 0.780. The average Bonchev–Trinajstić information content (AvgIpc) is 2.26. The van der Waals surface area contributed by atoms with E-state index in [0.29, 0.717) is 5.92 Å². The van der Waals surface area contributed by atoms with Crippen LogP contribution in [0.5, 0.6) is 0 Å². The van der Waals surface area contributed by atoms with E-state index in [-0.39, 0.29) is 5.91 Å². The number of rotatable bonds is 5. The second kappa shape index (κ2) is 5.07. The highest BCUT2D eigenvalue weighted by Gasteiger charge is 2.32. The molecule has 0 spiro atoms. The van der Waals surface area contributed by atoms with Gasteiger partial charge in [-0.2, -0.15) is 0 Å². The van der Waals surface area contributed by atoms with Gasteiger partial charge in [-0.05, 0) is 37.1 Å². The summed E-state index contributed by atoms with van der Waals surface area (Å²) in [6.45, 7) is 6.71. The average molecular weight is 221 g/mol. The molecule has 0 saturated heterocycles. The molecular formula is C12H19N3O. The molecule has 0 aliphatic carbocycles. The summed E-state index contributed by atoms with van der Waals surface area (Å²) in [7, 11) is 0. The van der Waals surface area contributed by atoms with Gasteiger partial charge in [-0.1, -0.05) is 13.8 Å². The van der Waals surface area contributed by atoms with Gasteiger partial charge in [-0.3, -0.25) is 15.1 Å². The first-order valence-corrected chi connectivity index (χ1v) is 5.42. The van der Waals surface area contributed by atoms with Crippen LogP contribution in [0, 0.1) is 5.92 Å². The molecule has 0 saturated carbocycles. The van der Waals surface area contributed by atoms with E-state index in [0.717, 1.165) is 12.1 Å². The molecule has 0 fully saturated rings. The lowest BCUT2D eigenvalue weighted by Gasteiger charge is -2.28.